The molecule has 0 fully saturated rings. The van der Waals surface area contributed by atoms with Crippen LogP contribution in [0.2, 0.25) is 5.32 Å². The van der Waals surface area contributed by atoms with Crippen LogP contribution in [0.5, 0.6) is 11.5 Å². The molecule has 6 heteroatoms. The van der Waals surface area contributed by atoms with Gasteiger partial charge in [0.15, 0.2) is 0 Å². The molecule has 179 valence electrons. The number of hydrogen-bond donors (Lipinski definition) is 1. The second kappa shape index (κ2) is 10.6. The van der Waals surface area contributed by atoms with Crippen molar-refractivity contribution in [2.45, 2.75) is 5.32 Å². The van der Waals surface area contributed by atoms with E-state index in [9.17, 15) is 9.90 Å². The SMILES string of the molecule is COc1cccc(-n2c(/C=C/C[Se](c3ccccc3)c3ccccc3O)nc3ccccc3c2=O)c1. The van der Waals surface area contributed by atoms with Gasteiger partial charge < -0.3 is 0 Å². The van der Waals surface area contributed by atoms with Crippen LogP contribution in [0.1, 0.15) is 5.82 Å². The molecule has 1 N–H and O–H groups in total. The predicted octanol–water partition coefficient (Wildman–Crippen LogP) is 4.42. The average Bonchev–Trinajstić information content (AvgIpc) is 2.92. The van der Waals surface area contributed by atoms with Crippen molar-refractivity contribution >= 4 is 39.8 Å². The second-order valence-corrected chi connectivity index (χ2v) is 12.3. The Morgan fingerprint density at radius 1 is 0.917 bits per heavy atom. The number of benzene rings is 4. The Labute approximate surface area is 213 Å². The zero-order valence-corrected chi connectivity index (χ0v) is 21.5. The summed E-state index contributed by atoms with van der Waals surface area (Å²) in [4.78, 5) is 18.4. The van der Waals surface area contributed by atoms with Crippen molar-refractivity contribution in [2.75, 3.05) is 7.11 Å². The first-order valence-electron chi connectivity index (χ1n) is 11.5. The van der Waals surface area contributed by atoms with Crippen LogP contribution in [0.15, 0.2) is 114 Å². The molecule has 5 rings (SSSR count). The molecule has 1 radical (unpaired) electrons. The second-order valence-electron chi connectivity index (χ2n) is 8.07. The monoisotopic (exact) mass is 541 g/mol. The van der Waals surface area contributed by atoms with Gasteiger partial charge in [-0.15, -0.1) is 0 Å². The fourth-order valence-corrected chi connectivity index (χ4v) is 8.19. The molecular formula is C30H25N2O3Se. The molecule has 0 amide bonds. The van der Waals surface area contributed by atoms with E-state index in [2.05, 4.69) is 18.2 Å². The van der Waals surface area contributed by atoms with E-state index >= 15 is 0 Å². The number of aromatic hydroxyl groups is 1. The fourth-order valence-electron chi connectivity index (χ4n) is 4.07. The Kier molecular flexibility index (Phi) is 6.99. The molecule has 0 aliphatic rings. The quantitative estimate of drug-likeness (QED) is 0.311. The summed E-state index contributed by atoms with van der Waals surface area (Å²) in [5.41, 5.74) is 1.20. The normalized spacial score (nSPS) is 11.4. The van der Waals surface area contributed by atoms with Crippen LogP contribution in [0.4, 0.5) is 0 Å². The van der Waals surface area contributed by atoms with Crippen molar-refractivity contribution < 1.29 is 9.84 Å². The standard InChI is InChI=1S/C30H25N2O3Se/c1-35-23-12-9-11-22(21-23)32-29(31-26-16-6-5-15-25(26)30(32)34)19-10-20-36(24-13-3-2-4-14-24)28-18-8-7-17-27(28)33/h2-19,21,33H,20H2,1H3/b19-10+. The van der Waals surface area contributed by atoms with E-state index < -0.39 is 13.9 Å². The maximum absolute atomic E-state index is 13.6. The first-order chi connectivity index (χ1) is 17.7. The number of hydrogen-bond acceptors (Lipinski definition) is 4. The van der Waals surface area contributed by atoms with Crippen molar-refractivity contribution in [3.63, 3.8) is 0 Å². The van der Waals surface area contributed by atoms with Gasteiger partial charge in [-0.05, 0) is 0 Å². The number of nitrogens with zero attached hydrogens (tertiary/aromatic N) is 2. The number of phenols is 1. The topological polar surface area (TPSA) is 64.3 Å². The summed E-state index contributed by atoms with van der Waals surface area (Å²) in [7, 11) is 1.61. The minimum atomic E-state index is -1.60. The number of methoxy groups -OCH3 is 1. The predicted molar refractivity (Wildman–Crippen MR) is 147 cm³/mol. The molecule has 0 aliphatic carbocycles. The Bertz CT molecular complexity index is 1600. The molecule has 5 aromatic rings. The third kappa shape index (κ3) is 4.82. The number of ether oxygens (including phenoxy) is 1. The molecule has 0 unspecified atom stereocenters. The van der Waals surface area contributed by atoms with Gasteiger partial charge in [0.05, 0.1) is 0 Å². The van der Waals surface area contributed by atoms with Crippen molar-refractivity contribution in [2.24, 2.45) is 0 Å². The van der Waals surface area contributed by atoms with Crippen LogP contribution in [-0.4, -0.2) is 35.7 Å². The van der Waals surface area contributed by atoms with Crippen LogP contribution in [-0.2, 0) is 0 Å². The zero-order chi connectivity index (χ0) is 24.9. The van der Waals surface area contributed by atoms with E-state index in [-0.39, 0.29) is 5.56 Å². The van der Waals surface area contributed by atoms with Crippen molar-refractivity contribution in [3.8, 4) is 17.2 Å². The number of phenolic OH excluding ortho intramolecular Hbond substituents is 1. The summed E-state index contributed by atoms with van der Waals surface area (Å²) in [6, 6.07) is 32.6. The van der Waals surface area contributed by atoms with Gasteiger partial charge in [0.1, 0.15) is 0 Å². The van der Waals surface area contributed by atoms with E-state index in [0.29, 0.717) is 33.9 Å². The van der Waals surface area contributed by atoms with Crippen LogP contribution in [0.3, 0.4) is 0 Å². The Morgan fingerprint density at radius 2 is 1.67 bits per heavy atom. The Balaban J connectivity index is 1.59. The summed E-state index contributed by atoms with van der Waals surface area (Å²) < 4.78 is 9.22. The van der Waals surface area contributed by atoms with Crippen LogP contribution < -0.4 is 19.2 Å². The van der Waals surface area contributed by atoms with E-state index in [1.807, 2.05) is 84.9 Å². The zero-order valence-electron chi connectivity index (χ0n) is 19.7. The molecular weight excluding hydrogens is 515 g/mol. The van der Waals surface area contributed by atoms with Gasteiger partial charge in [0, 0.05) is 0 Å². The van der Waals surface area contributed by atoms with E-state index in [4.69, 9.17) is 9.72 Å². The minimum absolute atomic E-state index is 0.134. The molecule has 1 heterocycles. The Hall–Kier alpha value is -4.12. The molecule has 4 aromatic carbocycles. The van der Waals surface area contributed by atoms with E-state index in [1.54, 1.807) is 23.8 Å². The van der Waals surface area contributed by atoms with E-state index in [0.717, 1.165) is 9.78 Å². The molecule has 0 atom stereocenters. The Morgan fingerprint density at radius 3 is 2.47 bits per heavy atom. The fraction of sp³-hybridized carbons (Fsp3) is 0.0667. The van der Waals surface area contributed by atoms with Crippen molar-refractivity contribution in [1.82, 2.24) is 9.55 Å². The molecule has 1 aromatic heterocycles. The molecule has 0 aliphatic heterocycles. The summed E-state index contributed by atoms with van der Waals surface area (Å²) in [6.07, 6.45) is 3.98. The van der Waals surface area contributed by atoms with Crippen LogP contribution >= 0.6 is 0 Å². The number of aromatic nitrogens is 2. The molecule has 0 spiro atoms. The number of fused-ring (bicyclic) bond motifs is 1. The van der Waals surface area contributed by atoms with Crippen molar-refractivity contribution in [1.29, 1.82) is 0 Å². The van der Waals surface area contributed by atoms with Gasteiger partial charge >= 0.3 is 214 Å². The molecule has 5 nitrogen and oxygen atoms in total. The number of rotatable bonds is 7. The van der Waals surface area contributed by atoms with Crippen LogP contribution in [0, 0.1) is 0 Å². The van der Waals surface area contributed by atoms with E-state index in [1.165, 1.54) is 4.46 Å². The third-order valence-corrected chi connectivity index (χ3v) is 10.5. The summed E-state index contributed by atoms with van der Waals surface area (Å²) in [5, 5.41) is 11.9. The van der Waals surface area contributed by atoms with Gasteiger partial charge in [0.2, 0.25) is 0 Å². The maximum atomic E-state index is 13.6. The summed E-state index contributed by atoms with van der Waals surface area (Å²) >= 11 is -1.60. The molecule has 0 bridgehead atoms. The number of para-hydroxylation sites is 2. The van der Waals surface area contributed by atoms with Crippen molar-refractivity contribution in [3.05, 3.63) is 125 Å². The summed E-state index contributed by atoms with van der Waals surface area (Å²) in [5.74, 6) is 1.53. The summed E-state index contributed by atoms with van der Waals surface area (Å²) in [6.45, 7) is 0. The first-order valence-corrected chi connectivity index (χ1v) is 14.4. The molecule has 0 saturated heterocycles. The van der Waals surface area contributed by atoms with Gasteiger partial charge in [0.25, 0.3) is 0 Å². The third-order valence-electron chi connectivity index (χ3n) is 5.80. The number of allylic oxidation sites excluding steroid dienone is 1. The van der Waals surface area contributed by atoms with Crippen LogP contribution in [0.25, 0.3) is 22.7 Å². The van der Waals surface area contributed by atoms with Gasteiger partial charge in [-0.25, -0.2) is 0 Å². The van der Waals surface area contributed by atoms with Gasteiger partial charge in [-0.3, -0.25) is 0 Å². The molecule has 0 saturated carbocycles. The molecule has 36 heavy (non-hydrogen) atoms. The van der Waals surface area contributed by atoms with Gasteiger partial charge in [-0.2, -0.15) is 0 Å². The first kappa shape index (κ1) is 23.6. The van der Waals surface area contributed by atoms with Gasteiger partial charge in [-0.1, -0.05) is 0 Å². The average molecular weight is 541 g/mol.